The lowest BCUT2D eigenvalue weighted by Crippen LogP contribution is -2.11. The lowest BCUT2D eigenvalue weighted by atomic mass is 10.1. The van der Waals surface area contributed by atoms with E-state index in [-0.39, 0.29) is 6.04 Å². The first-order valence-corrected chi connectivity index (χ1v) is 7.54. The van der Waals surface area contributed by atoms with Crippen molar-refractivity contribution in [2.45, 2.75) is 18.9 Å². The molecule has 1 aromatic heterocycles. The lowest BCUT2D eigenvalue weighted by molar-refractivity contribution is 0.355. The van der Waals surface area contributed by atoms with E-state index in [1.54, 1.807) is 25.6 Å². The number of hydrogen-bond acceptors (Lipinski definition) is 5. The van der Waals surface area contributed by atoms with Gasteiger partial charge in [0.1, 0.15) is 5.01 Å². The Morgan fingerprint density at radius 3 is 2.65 bits per heavy atom. The molecular formula is C15H18N2O2S. The molecule has 20 heavy (non-hydrogen) atoms. The van der Waals surface area contributed by atoms with Crippen LogP contribution in [0.2, 0.25) is 0 Å². The molecular weight excluding hydrogens is 272 g/mol. The third-order valence-corrected chi connectivity index (χ3v) is 4.56. The van der Waals surface area contributed by atoms with Gasteiger partial charge in [-0.05, 0) is 37.0 Å². The zero-order valence-corrected chi connectivity index (χ0v) is 12.4. The highest BCUT2D eigenvalue weighted by molar-refractivity contribution is 7.10. The van der Waals surface area contributed by atoms with Crippen LogP contribution in [0.25, 0.3) is 11.3 Å². The van der Waals surface area contributed by atoms with Gasteiger partial charge < -0.3 is 15.2 Å². The Balaban J connectivity index is 1.88. The number of benzene rings is 1. The van der Waals surface area contributed by atoms with Crippen molar-refractivity contribution in [3.63, 3.8) is 0 Å². The summed E-state index contributed by atoms with van der Waals surface area (Å²) >= 11 is 1.64. The first-order valence-electron chi connectivity index (χ1n) is 6.66. The summed E-state index contributed by atoms with van der Waals surface area (Å²) in [5, 5.41) is 3.08. The van der Waals surface area contributed by atoms with Gasteiger partial charge in [-0.1, -0.05) is 0 Å². The lowest BCUT2D eigenvalue weighted by Gasteiger charge is -2.08. The fourth-order valence-corrected chi connectivity index (χ4v) is 3.15. The van der Waals surface area contributed by atoms with E-state index in [1.165, 1.54) is 12.8 Å². The zero-order chi connectivity index (χ0) is 14.1. The van der Waals surface area contributed by atoms with Crippen LogP contribution in [0.1, 0.15) is 23.9 Å². The molecule has 0 radical (unpaired) electrons. The topological polar surface area (TPSA) is 57.4 Å². The van der Waals surface area contributed by atoms with Crippen LogP contribution in [0.3, 0.4) is 0 Å². The van der Waals surface area contributed by atoms with E-state index in [9.17, 15) is 0 Å². The quantitative estimate of drug-likeness (QED) is 0.918. The van der Waals surface area contributed by atoms with Crippen LogP contribution < -0.4 is 15.2 Å². The van der Waals surface area contributed by atoms with Crippen LogP contribution in [0.5, 0.6) is 11.5 Å². The maximum Gasteiger partial charge on any atom is 0.161 e. The molecule has 0 spiro atoms. The molecule has 2 N–H and O–H groups in total. The molecule has 1 aromatic carbocycles. The molecule has 4 nitrogen and oxygen atoms in total. The summed E-state index contributed by atoms with van der Waals surface area (Å²) in [6, 6.07) is 5.92. The molecule has 3 rings (SSSR count). The van der Waals surface area contributed by atoms with Gasteiger partial charge in [0.25, 0.3) is 0 Å². The fraction of sp³-hybridized carbons (Fsp3) is 0.400. The Labute approximate surface area is 122 Å². The molecule has 1 aliphatic rings. The Kier molecular flexibility index (Phi) is 3.63. The van der Waals surface area contributed by atoms with E-state index in [0.29, 0.717) is 11.7 Å². The molecule has 0 saturated heterocycles. The number of aromatic nitrogens is 1. The van der Waals surface area contributed by atoms with Gasteiger partial charge in [0, 0.05) is 10.9 Å². The normalized spacial score (nSPS) is 15.9. The molecule has 106 valence electrons. The number of nitrogens with two attached hydrogens (primary N) is 1. The minimum absolute atomic E-state index is 0.0916. The minimum Gasteiger partial charge on any atom is -0.493 e. The Morgan fingerprint density at radius 2 is 2.00 bits per heavy atom. The second-order valence-electron chi connectivity index (χ2n) is 5.00. The summed E-state index contributed by atoms with van der Waals surface area (Å²) in [5.41, 5.74) is 8.16. The summed E-state index contributed by atoms with van der Waals surface area (Å²) in [6.07, 6.45) is 2.46. The standard InChI is InChI=1S/C15H18N2O2S/c1-18-12-6-5-10(7-13(12)19-2)11-8-20-15(17-11)14(16)9-3-4-9/h5-9,14H,3-4,16H2,1-2H3. The highest BCUT2D eigenvalue weighted by Gasteiger charge is 2.31. The van der Waals surface area contributed by atoms with Crippen molar-refractivity contribution < 1.29 is 9.47 Å². The van der Waals surface area contributed by atoms with Gasteiger partial charge in [0.05, 0.1) is 26.0 Å². The third-order valence-electron chi connectivity index (χ3n) is 3.62. The molecule has 1 aliphatic carbocycles. The molecule has 0 amide bonds. The van der Waals surface area contributed by atoms with E-state index in [1.807, 2.05) is 18.2 Å². The third kappa shape index (κ3) is 2.51. The maximum atomic E-state index is 6.20. The SMILES string of the molecule is COc1ccc(-c2csc(C(N)C3CC3)n2)cc1OC. The van der Waals surface area contributed by atoms with Crippen molar-refractivity contribution in [3.05, 3.63) is 28.6 Å². The van der Waals surface area contributed by atoms with Gasteiger partial charge in [-0.3, -0.25) is 0 Å². The predicted molar refractivity (Wildman–Crippen MR) is 80.3 cm³/mol. The monoisotopic (exact) mass is 290 g/mol. The second kappa shape index (κ2) is 5.42. The van der Waals surface area contributed by atoms with Gasteiger partial charge in [-0.2, -0.15) is 0 Å². The van der Waals surface area contributed by atoms with Crippen LogP contribution in [-0.2, 0) is 0 Å². The molecule has 1 unspecified atom stereocenters. The molecule has 0 aliphatic heterocycles. The number of rotatable bonds is 5. The number of nitrogens with zero attached hydrogens (tertiary/aromatic N) is 1. The van der Waals surface area contributed by atoms with Gasteiger partial charge in [-0.25, -0.2) is 4.98 Å². The van der Waals surface area contributed by atoms with Crippen molar-refractivity contribution >= 4 is 11.3 Å². The minimum atomic E-state index is 0.0916. The van der Waals surface area contributed by atoms with Crippen molar-refractivity contribution in [3.8, 4) is 22.8 Å². The Morgan fingerprint density at radius 1 is 1.25 bits per heavy atom. The number of thiazole rings is 1. The van der Waals surface area contributed by atoms with Crippen LogP contribution in [-0.4, -0.2) is 19.2 Å². The molecule has 1 heterocycles. The first kappa shape index (κ1) is 13.4. The average Bonchev–Trinajstić information content (AvgIpc) is 3.22. The highest BCUT2D eigenvalue weighted by atomic mass is 32.1. The maximum absolute atomic E-state index is 6.20. The predicted octanol–water partition coefficient (Wildman–Crippen LogP) is 3.24. The summed E-state index contributed by atoms with van der Waals surface area (Å²) in [6.45, 7) is 0. The fourth-order valence-electron chi connectivity index (χ4n) is 2.23. The second-order valence-corrected chi connectivity index (χ2v) is 5.89. The van der Waals surface area contributed by atoms with Gasteiger partial charge in [-0.15, -0.1) is 11.3 Å². The highest BCUT2D eigenvalue weighted by Crippen LogP contribution is 2.41. The summed E-state index contributed by atoms with van der Waals surface area (Å²) in [7, 11) is 3.27. The number of ether oxygens (including phenoxy) is 2. The van der Waals surface area contributed by atoms with Crippen molar-refractivity contribution in [2.24, 2.45) is 11.7 Å². The van der Waals surface area contributed by atoms with Gasteiger partial charge in [0.15, 0.2) is 11.5 Å². The molecule has 1 fully saturated rings. The zero-order valence-electron chi connectivity index (χ0n) is 11.6. The van der Waals surface area contributed by atoms with Crippen LogP contribution in [0, 0.1) is 5.92 Å². The molecule has 0 bridgehead atoms. The van der Waals surface area contributed by atoms with Crippen molar-refractivity contribution in [1.29, 1.82) is 0 Å². The van der Waals surface area contributed by atoms with Crippen LogP contribution >= 0.6 is 11.3 Å². The van der Waals surface area contributed by atoms with Crippen molar-refractivity contribution in [2.75, 3.05) is 14.2 Å². The average molecular weight is 290 g/mol. The van der Waals surface area contributed by atoms with Gasteiger partial charge in [0.2, 0.25) is 0 Å². The first-order chi connectivity index (χ1) is 9.72. The van der Waals surface area contributed by atoms with E-state index in [2.05, 4.69) is 10.4 Å². The van der Waals surface area contributed by atoms with Gasteiger partial charge >= 0.3 is 0 Å². The van der Waals surface area contributed by atoms with Crippen LogP contribution in [0.15, 0.2) is 23.6 Å². The molecule has 1 saturated carbocycles. The van der Waals surface area contributed by atoms with E-state index >= 15 is 0 Å². The molecule has 1 atom stereocenters. The number of hydrogen-bond donors (Lipinski definition) is 1. The van der Waals surface area contributed by atoms with E-state index in [4.69, 9.17) is 15.2 Å². The summed E-state index contributed by atoms with van der Waals surface area (Å²) in [4.78, 5) is 4.67. The number of methoxy groups -OCH3 is 2. The summed E-state index contributed by atoms with van der Waals surface area (Å²) in [5.74, 6) is 2.06. The molecule has 2 aromatic rings. The summed E-state index contributed by atoms with van der Waals surface area (Å²) < 4.78 is 10.6. The van der Waals surface area contributed by atoms with E-state index < -0.39 is 0 Å². The van der Waals surface area contributed by atoms with E-state index in [0.717, 1.165) is 22.0 Å². The van der Waals surface area contributed by atoms with Crippen molar-refractivity contribution in [1.82, 2.24) is 4.98 Å². The smallest absolute Gasteiger partial charge is 0.161 e. The van der Waals surface area contributed by atoms with Crippen LogP contribution in [0.4, 0.5) is 0 Å². The Bertz CT molecular complexity index is 608. The Hall–Kier alpha value is -1.59. The molecule has 5 heteroatoms. The largest absolute Gasteiger partial charge is 0.493 e.